The molecule has 3 aliphatic heterocycles. The Morgan fingerprint density at radius 2 is 1.79 bits per heavy atom. The number of anilines is 1. The third-order valence-corrected chi connectivity index (χ3v) is 4.30. The van der Waals surface area contributed by atoms with E-state index in [1.807, 2.05) is 30.3 Å². The average Bonchev–Trinajstić information content (AvgIpc) is 3.04. The number of rotatable bonds is 1. The van der Waals surface area contributed by atoms with Gasteiger partial charge in [0.2, 0.25) is 5.91 Å². The average molecular weight is 257 g/mol. The first-order chi connectivity index (χ1) is 9.27. The molecule has 5 heteroatoms. The number of hydrogen-bond donors (Lipinski definition) is 0. The van der Waals surface area contributed by atoms with Crippen LogP contribution in [0.1, 0.15) is 6.42 Å². The van der Waals surface area contributed by atoms with Gasteiger partial charge in [-0.3, -0.25) is 9.59 Å². The van der Waals surface area contributed by atoms with Crippen molar-refractivity contribution in [3.05, 3.63) is 30.3 Å². The van der Waals surface area contributed by atoms with Crippen molar-refractivity contribution >= 4 is 17.5 Å². The molecule has 2 amide bonds. The molecule has 3 saturated heterocycles. The van der Waals surface area contributed by atoms with E-state index in [0.717, 1.165) is 19.5 Å². The fourth-order valence-corrected chi connectivity index (χ4v) is 3.48. The van der Waals surface area contributed by atoms with Gasteiger partial charge in [-0.2, -0.15) is 0 Å². The molecule has 3 aliphatic rings. The van der Waals surface area contributed by atoms with Gasteiger partial charge < -0.3 is 0 Å². The van der Waals surface area contributed by atoms with E-state index in [4.69, 9.17) is 0 Å². The minimum Gasteiger partial charge on any atom is -0.274 e. The molecule has 1 aromatic rings. The van der Waals surface area contributed by atoms with Crippen molar-refractivity contribution in [1.29, 1.82) is 0 Å². The van der Waals surface area contributed by atoms with Crippen LogP contribution in [0.5, 0.6) is 0 Å². The summed E-state index contributed by atoms with van der Waals surface area (Å²) in [6.45, 7) is 2.56. The fourth-order valence-electron chi connectivity index (χ4n) is 3.48. The topological polar surface area (TPSA) is 43.9 Å². The second kappa shape index (κ2) is 3.88. The molecule has 3 heterocycles. The van der Waals surface area contributed by atoms with Crippen LogP contribution in [0.25, 0.3) is 0 Å². The third kappa shape index (κ3) is 1.42. The zero-order valence-corrected chi connectivity index (χ0v) is 10.5. The molecule has 0 aromatic heterocycles. The maximum atomic E-state index is 12.6. The van der Waals surface area contributed by atoms with E-state index in [1.165, 1.54) is 4.90 Å². The highest BCUT2D eigenvalue weighted by molar-refractivity contribution is 6.23. The Bertz CT molecular complexity index is 545. The Kier molecular flexibility index (Phi) is 2.28. The lowest BCUT2D eigenvalue weighted by atomic mass is 10.0. The van der Waals surface area contributed by atoms with E-state index in [0.29, 0.717) is 12.2 Å². The summed E-state index contributed by atoms with van der Waals surface area (Å²) in [6.07, 6.45) is 1.08. The summed E-state index contributed by atoms with van der Waals surface area (Å²) in [4.78, 5) is 26.4. The molecule has 19 heavy (non-hydrogen) atoms. The summed E-state index contributed by atoms with van der Waals surface area (Å²) in [5.41, 5.74) is 0.692. The number of para-hydroxylation sites is 1. The second-order valence-electron chi connectivity index (χ2n) is 5.33. The molecule has 2 unspecified atom stereocenters. The van der Waals surface area contributed by atoms with Gasteiger partial charge in [-0.1, -0.05) is 18.2 Å². The molecule has 3 fully saturated rings. The molecular weight excluding hydrogens is 242 g/mol. The van der Waals surface area contributed by atoms with Gasteiger partial charge in [0.1, 0.15) is 6.04 Å². The van der Waals surface area contributed by atoms with Crippen LogP contribution in [0.15, 0.2) is 30.3 Å². The summed E-state index contributed by atoms with van der Waals surface area (Å²) >= 11 is 0. The number of hydrazine groups is 1. The molecule has 0 bridgehead atoms. The zero-order valence-electron chi connectivity index (χ0n) is 10.5. The van der Waals surface area contributed by atoms with E-state index in [9.17, 15) is 9.59 Å². The van der Waals surface area contributed by atoms with Crippen LogP contribution in [-0.2, 0) is 9.59 Å². The van der Waals surface area contributed by atoms with Crippen molar-refractivity contribution in [1.82, 2.24) is 10.0 Å². The van der Waals surface area contributed by atoms with Crippen LogP contribution in [0.2, 0.25) is 0 Å². The van der Waals surface area contributed by atoms with Crippen LogP contribution in [-0.4, -0.2) is 47.5 Å². The minimum atomic E-state index is -0.268. The highest BCUT2D eigenvalue weighted by atomic mass is 16.2. The summed E-state index contributed by atoms with van der Waals surface area (Å²) in [5.74, 6) is -0.297. The minimum absolute atomic E-state index is 0.0457. The molecule has 0 N–H and O–H groups in total. The number of nitrogens with zero attached hydrogens (tertiary/aromatic N) is 3. The van der Waals surface area contributed by atoms with Crippen molar-refractivity contribution < 1.29 is 9.59 Å². The first kappa shape index (κ1) is 11.1. The number of benzene rings is 1. The van der Waals surface area contributed by atoms with Crippen molar-refractivity contribution in [2.24, 2.45) is 5.92 Å². The smallest absolute Gasteiger partial charge is 0.253 e. The predicted octanol–water partition coefficient (Wildman–Crippen LogP) is 0.481. The normalized spacial score (nSPS) is 31.1. The van der Waals surface area contributed by atoms with E-state index < -0.39 is 0 Å². The number of carbonyl (C=O) groups is 2. The quantitative estimate of drug-likeness (QED) is 0.686. The van der Waals surface area contributed by atoms with E-state index in [2.05, 4.69) is 10.0 Å². The van der Waals surface area contributed by atoms with Crippen LogP contribution in [0, 0.1) is 5.92 Å². The molecule has 1 aromatic carbocycles. The van der Waals surface area contributed by atoms with Gasteiger partial charge in [-0.05, 0) is 18.6 Å². The molecule has 5 nitrogen and oxygen atoms in total. The van der Waals surface area contributed by atoms with Crippen molar-refractivity contribution in [3.63, 3.8) is 0 Å². The van der Waals surface area contributed by atoms with Crippen molar-refractivity contribution in [2.75, 3.05) is 24.5 Å². The highest BCUT2D eigenvalue weighted by Crippen LogP contribution is 2.37. The van der Waals surface area contributed by atoms with Crippen molar-refractivity contribution in [2.45, 2.75) is 12.5 Å². The molecule has 4 rings (SSSR count). The van der Waals surface area contributed by atoms with Gasteiger partial charge in [-0.25, -0.2) is 14.9 Å². The SMILES string of the molecule is O=C1C2CN3CCCN3C2C(=O)N1c1ccccc1. The Morgan fingerprint density at radius 3 is 2.58 bits per heavy atom. The Labute approximate surface area is 111 Å². The van der Waals surface area contributed by atoms with Gasteiger partial charge >= 0.3 is 0 Å². The largest absolute Gasteiger partial charge is 0.274 e. The molecule has 98 valence electrons. The predicted molar refractivity (Wildman–Crippen MR) is 69.1 cm³/mol. The van der Waals surface area contributed by atoms with E-state index in [1.54, 1.807) is 0 Å². The van der Waals surface area contributed by atoms with E-state index >= 15 is 0 Å². The number of carbonyl (C=O) groups excluding carboxylic acids is 2. The third-order valence-electron chi connectivity index (χ3n) is 4.30. The summed E-state index contributed by atoms with van der Waals surface area (Å²) in [7, 11) is 0. The van der Waals surface area contributed by atoms with Crippen LogP contribution in [0.4, 0.5) is 5.69 Å². The second-order valence-corrected chi connectivity index (χ2v) is 5.33. The molecule has 2 atom stereocenters. The molecular formula is C14H15N3O2. The lowest BCUT2D eigenvalue weighted by Crippen LogP contribution is -2.43. The van der Waals surface area contributed by atoms with E-state index in [-0.39, 0.29) is 23.8 Å². The molecule has 0 spiro atoms. The lowest BCUT2D eigenvalue weighted by Gasteiger charge is -2.24. The Morgan fingerprint density at radius 1 is 1.00 bits per heavy atom. The highest BCUT2D eigenvalue weighted by Gasteiger charge is 2.57. The van der Waals surface area contributed by atoms with Gasteiger partial charge in [0, 0.05) is 19.6 Å². The molecule has 0 aliphatic carbocycles. The van der Waals surface area contributed by atoms with Gasteiger partial charge in [0.05, 0.1) is 11.6 Å². The zero-order chi connectivity index (χ0) is 13.0. The summed E-state index contributed by atoms with van der Waals surface area (Å²) in [5, 5.41) is 4.25. The Hall–Kier alpha value is -1.72. The monoisotopic (exact) mass is 257 g/mol. The lowest BCUT2D eigenvalue weighted by molar-refractivity contribution is -0.125. The van der Waals surface area contributed by atoms with Crippen LogP contribution in [0.3, 0.4) is 0 Å². The first-order valence-corrected chi connectivity index (χ1v) is 6.72. The summed E-state index contributed by atoms with van der Waals surface area (Å²) < 4.78 is 0. The van der Waals surface area contributed by atoms with Crippen molar-refractivity contribution in [3.8, 4) is 0 Å². The standard InChI is InChI=1S/C14H15N3O2/c18-13-11-9-15-7-4-8-16(15)12(11)14(19)17(13)10-5-2-1-3-6-10/h1-3,5-6,11-12H,4,7-9H2. The number of fused-ring (bicyclic) bond motifs is 3. The molecule has 0 radical (unpaired) electrons. The van der Waals surface area contributed by atoms with Crippen LogP contribution >= 0.6 is 0 Å². The van der Waals surface area contributed by atoms with Gasteiger partial charge in [0.25, 0.3) is 5.91 Å². The number of hydrogen-bond acceptors (Lipinski definition) is 4. The number of imide groups is 1. The van der Waals surface area contributed by atoms with Crippen LogP contribution < -0.4 is 4.90 Å². The number of amides is 2. The molecule has 0 saturated carbocycles. The first-order valence-electron chi connectivity index (χ1n) is 6.72. The maximum absolute atomic E-state index is 12.6. The maximum Gasteiger partial charge on any atom is 0.253 e. The van der Waals surface area contributed by atoms with Gasteiger partial charge in [-0.15, -0.1) is 0 Å². The Balaban J connectivity index is 1.71. The fraction of sp³-hybridized carbons (Fsp3) is 0.429. The van der Waals surface area contributed by atoms with Gasteiger partial charge in [0.15, 0.2) is 0 Å². The summed E-state index contributed by atoms with van der Waals surface area (Å²) in [6, 6.07) is 8.96.